The molecular formula is C29H29MnN5O2. The fourth-order valence-electron chi connectivity index (χ4n) is 3.39. The van der Waals surface area contributed by atoms with Gasteiger partial charge in [-0.1, -0.05) is 6.07 Å². The summed E-state index contributed by atoms with van der Waals surface area (Å²) in [6, 6.07) is 22.2. The van der Waals surface area contributed by atoms with E-state index in [2.05, 4.69) is 49.2 Å². The van der Waals surface area contributed by atoms with Crippen molar-refractivity contribution in [2.75, 3.05) is 6.61 Å². The molecule has 0 fully saturated rings. The van der Waals surface area contributed by atoms with Crippen molar-refractivity contribution in [3.8, 4) is 0 Å². The second kappa shape index (κ2) is 13.5. The quantitative estimate of drug-likeness (QED) is 0.211. The van der Waals surface area contributed by atoms with E-state index in [4.69, 9.17) is 10.2 Å². The molecule has 2 aliphatic heterocycles. The van der Waals surface area contributed by atoms with Crippen molar-refractivity contribution in [3.63, 3.8) is 0 Å². The van der Waals surface area contributed by atoms with E-state index in [0.717, 1.165) is 50.5 Å². The normalized spacial score (nSPS) is 11.9. The van der Waals surface area contributed by atoms with Crippen LogP contribution in [0.4, 0.5) is 0 Å². The Hall–Kier alpha value is -3.81. The van der Waals surface area contributed by atoms with Crippen LogP contribution in [0.2, 0.25) is 0 Å². The first-order valence-corrected chi connectivity index (χ1v) is 11.7. The van der Waals surface area contributed by atoms with Gasteiger partial charge in [0.1, 0.15) is 0 Å². The molecule has 1 radical (unpaired) electrons. The molecule has 6 rings (SSSR count). The van der Waals surface area contributed by atoms with Crippen LogP contribution >= 0.6 is 0 Å². The molecule has 2 aliphatic rings. The van der Waals surface area contributed by atoms with E-state index in [-0.39, 0.29) is 23.7 Å². The fraction of sp³-hybridized carbons (Fsp3) is 0.138. The van der Waals surface area contributed by atoms with E-state index < -0.39 is 6.10 Å². The predicted octanol–water partition coefficient (Wildman–Crippen LogP) is 5.40. The Morgan fingerprint density at radius 3 is 1.32 bits per heavy atom. The summed E-state index contributed by atoms with van der Waals surface area (Å²) < 4.78 is 0. The molecule has 6 heterocycles. The van der Waals surface area contributed by atoms with Crippen molar-refractivity contribution >= 4 is 46.4 Å². The molecule has 0 aliphatic carbocycles. The first-order valence-electron chi connectivity index (χ1n) is 11.7. The van der Waals surface area contributed by atoms with E-state index in [1.54, 1.807) is 6.20 Å². The third kappa shape index (κ3) is 8.66. The van der Waals surface area contributed by atoms with E-state index in [1.807, 2.05) is 73.7 Å². The molecular weight excluding hydrogens is 505 g/mol. The molecule has 0 saturated carbocycles. The van der Waals surface area contributed by atoms with Crippen LogP contribution in [-0.4, -0.2) is 47.8 Å². The minimum absolute atomic E-state index is 0. The zero-order valence-electron chi connectivity index (χ0n) is 20.6. The smallest absolute Gasteiger partial charge is 0.0742 e. The van der Waals surface area contributed by atoms with Crippen molar-refractivity contribution in [3.05, 3.63) is 101 Å². The Labute approximate surface area is 226 Å². The summed E-state index contributed by atoms with van der Waals surface area (Å²) in [6.45, 7) is 3.36. The maximum absolute atomic E-state index is 8.11. The van der Waals surface area contributed by atoms with E-state index in [9.17, 15) is 0 Å². The van der Waals surface area contributed by atoms with Crippen LogP contribution in [0.25, 0.3) is 46.4 Å². The van der Waals surface area contributed by atoms with E-state index in [0.29, 0.717) is 0 Å². The SMILES string of the molecule is C1=Cc2cc3ccc(cc4nc(cc5ccc(cc1n2)[nH]5)C=C4)[nH]3.CC(O)CO.Cc1ccccn1.[Mn]. The number of hydrogen-bond donors (Lipinski definition) is 4. The van der Waals surface area contributed by atoms with Crippen molar-refractivity contribution in [1.29, 1.82) is 0 Å². The summed E-state index contributed by atoms with van der Waals surface area (Å²) in [5, 5.41) is 16.0. The average Bonchev–Trinajstić information content (AvgIpc) is 3.67. The number of hydrogen-bond acceptors (Lipinski definition) is 5. The molecule has 8 bridgehead atoms. The van der Waals surface area contributed by atoms with Gasteiger partial charge in [-0.3, -0.25) is 4.98 Å². The summed E-state index contributed by atoms with van der Waals surface area (Å²) in [5.41, 5.74) is 8.93. The van der Waals surface area contributed by atoms with Crippen LogP contribution in [-0.2, 0) is 17.1 Å². The number of aliphatic hydroxyl groups excluding tert-OH is 2. The zero-order chi connectivity index (χ0) is 25.3. The molecule has 7 nitrogen and oxygen atoms in total. The number of pyridine rings is 1. The van der Waals surface area contributed by atoms with Crippen LogP contribution in [0.1, 0.15) is 35.4 Å². The van der Waals surface area contributed by atoms with Crippen molar-refractivity contribution in [1.82, 2.24) is 24.9 Å². The van der Waals surface area contributed by atoms with Gasteiger partial charge in [0, 0.05) is 51.0 Å². The molecule has 0 spiro atoms. The van der Waals surface area contributed by atoms with Gasteiger partial charge in [-0.2, -0.15) is 0 Å². The number of rotatable bonds is 1. The summed E-state index contributed by atoms with van der Waals surface area (Å²) in [5.74, 6) is 0. The fourth-order valence-corrected chi connectivity index (χ4v) is 3.39. The Morgan fingerprint density at radius 2 is 1.08 bits per heavy atom. The molecule has 4 N–H and O–H groups in total. The molecule has 189 valence electrons. The van der Waals surface area contributed by atoms with Crippen LogP contribution in [0.15, 0.2) is 72.9 Å². The van der Waals surface area contributed by atoms with E-state index >= 15 is 0 Å². The van der Waals surface area contributed by atoms with Gasteiger partial charge in [-0.05, 0) is 98.8 Å². The third-order valence-corrected chi connectivity index (χ3v) is 5.12. The molecule has 4 aromatic rings. The third-order valence-electron chi connectivity index (χ3n) is 5.12. The van der Waals surface area contributed by atoms with Gasteiger partial charge in [0.15, 0.2) is 0 Å². The van der Waals surface area contributed by atoms with Gasteiger partial charge in [0.2, 0.25) is 0 Å². The van der Waals surface area contributed by atoms with Crippen LogP contribution in [0.5, 0.6) is 0 Å². The van der Waals surface area contributed by atoms with Crippen LogP contribution in [0.3, 0.4) is 0 Å². The van der Waals surface area contributed by atoms with Crippen LogP contribution < -0.4 is 0 Å². The van der Waals surface area contributed by atoms with Gasteiger partial charge in [0.05, 0.1) is 35.5 Å². The van der Waals surface area contributed by atoms with Gasteiger partial charge in [-0.15, -0.1) is 0 Å². The summed E-state index contributed by atoms with van der Waals surface area (Å²) in [6.07, 6.45) is 9.32. The van der Waals surface area contributed by atoms with Crippen molar-refractivity contribution in [2.24, 2.45) is 0 Å². The molecule has 1 atom stereocenters. The Morgan fingerprint density at radius 1 is 0.703 bits per heavy atom. The number of aromatic nitrogens is 5. The maximum Gasteiger partial charge on any atom is 0.0742 e. The minimum Gasteiger partial charge on any atom is -0.394 e. The second-order valence-electron chi connectivity index (χ2n) is 8.41. The molecule has 0 saturated heterocycles. The number of nitrogens with zero attached hydrogens (tertiary/aromatic N) is 3. The van der Waals surface area contributed by atoms with Gasteiger partial charge < -0.3 is 20.2 Å². The minimum atomic E-state index is -0.560. The molecule has 1 unspecified atom stereocenters. The first kappa shape index (κ1) is 27.8. The molecule has 37 heavy (non-hydrogen) atoms. The molecule has 0 aromatic carbocycles. The van der Waals surface area contributed by atoms with Gasteiger partial charge in [0.25, 0.3) is 0 Å². The number of aliphatic hydroxyl groups is 2. The maximum atomic E-state index is 8.11. The number of aromatic amines is 2. The monoisotopic (exact) mass is 534 g/mol. The number of nitrogens with one attached hydrogen (secondary N) is 2. The Kier molecular flexibility index (Phi) is 10.1. The van der Waals surface area contributed by atoms with Gasteiger partial charge in [-0.25, -0.2) is 9.97 Å². The molecule has 8 heteroatoms. The molecule has 0 amide bonds. The van der Waals surface area contributed by atoms with Crippen molar-refractivity contribution < 1.29 is 27.3 Å². The summed E-state index contributed by atoms with van der Waals surface area (Å²) >= 11 is 0. The standard InChI is InChI=1S/C20H14N4.C6H7N.C3H8O2.Mn/c1-2-14-10-16-5-6-18(23-16)12-20-8-7-19(24-20)11-17-4-3-15(22-17)9-13(1)21-14;1-6-4-2-3-5-7-6;1-3(5)2-4;/h1-12,21,24H;2-5H,1H3;3-5H,2H2,1H3;. The largest absolute Gasteiger partial charge is 0.394 e. The van der Waals surface area contributed by atoms with Crippen LogP contribution in [0, 0.1) is 6.92 Å². The zero-order valence-corrected chi connectivity index (χ0v) is 21.8. The second-order valence-corrected chi connectivity index (χ2v) is 8.41. The van der Waals surface area contributed by atoms with Gasteiger partial charge >= 0.3 is 0 Å². The summed E-state index contributed by atoms with van der Waals surface area (Å²) in [7, 11) is 0. The first-order chi connectivity index (χ1) is 17.5. The Balaban J connectivity index is 0.000000245. The van der Waals surface area contributed by atoms with Crippen molar-refractivity contribution in [2.45, 2.75) is 20.0 Å². The number of H-pyrrole nitrogens is 2. The predicted molar refractivity (Wildman–Crippen MR) is 147 cm³/mol. The summed E-state index contributed by atoms with van der Waals surface area (Å²) in [4.78, 5) is 20.0. The Bertz CT molecular complexity index is 1350. The van der Waals surface area contributed by atoms with E-state index in [1.165, 1.54) is 6.92 Å². The molecule has 4 aromatic heterocycles. The number of fused-ring (bicyclic) bond motifs is 8. The number of aryl methyl sites for hydroxylation is 1. The topological polar surface area (TPSA) is 111 Å². The average molecular weight is 535 g/mol.